The molecule has 0 aliphatic rings. The minimum atomic E-state index is 0.151. The van der Waals surface area contributed by atoms with Gasteiger partial charge in [0.05, 0.1) is 5.02 Å². The second-order valence-electron chi connectivity index (χ2n) is 4.03. The Kier molecular flexibility index (Phi) is 4.05. The molecule has 2 rings (SSSR count). The lowest BCUT2D eigenvalue weighted by Crippen LogP contribution is -2.00. The number of pyridine rings is 1. The summed E-state index contributed by atoms with van der Waals surface area (Å²) in [4.78, 5) is 12.5. The number of hydrogen-bond donors (Lipinski definition) is 0. The molecule has 0 atom stereocenters. The molecule has 0 aliphatic heterocycles. The zero-order valence-corrected chi connectivity index (χ0v) is 12.1. The fourth-order valence-corrected chi connectivity index (χ4v) is 2.58. The summed E-state index contributed by atoms with van der Waals surface area (Å²) in [5.74, 6) is 0.484. The highest BCUT2D eigenvalue weighted by atomic mass is 35.5. The van der Waals surface area contributed by atoms with Crippen molar-refractivity contribution in [2.24, 2.45) is 0 Å². The van der Waals surface area contributed by atoms with Crippen molar-refractivity contribution in [1.82, 2.24) is 15.0 Å². The SMILES string of the molecule is CC(C)c1c(Cl)nc(-c2ncccc2Cl)nc1Cl. The number of hydrogen-bond acceptors (Lipinski definition) is 3. The average molecular weight is 303 g/mol. The van der Waals surface area contributed by atoms with Crippen LogP contribution in [0.25, 0.3) is 11.5 Å². The summed E-state index contributed by atoms with van der Waals surface area (Å²) < 4.78 is 0. The first kappa shape index (κ1) is 13.5. The van der Waals surface area contributed by atoms with Crippen LogP contribution >= 0.6 is 34.8 Å². The Bertz CT molecular complexity index is 562. The van der Waals surface area contributed by atoms with E-state index in [-0.39, 0.29) is 5.92 Å². The third kappa shape index (κ3) is 2.58. The molecule has 0 fully saturated rings. The van der Waals surface area contributed by atoms with Crippen molar-refractivity contribution < 1.29 is 0 Å². The second-order valence-corrected chi connectivity index (χ2v) is 5.15. The number of aromatic nitrogens is 3. The van der Waals surface area contributed by atoms with Crippen LogP contribution in [0.5, 0.6) is 0 Å². The highest BCUT2D eigenvalue weighted by Gasteiger charge is 2.17. The Balaban J connectivity index is 2.59. The first-order chi connectivity index (χ1) is 8.50. The Hall–Kier alpha value is -0.900. The summed E-state index contributed by atoms with van der Waals surface area (Å²) in [5, 5.41) is 1.13. The summed E-state index contributed by atoms with van der Waals surface area (Å²) in [6.45, 7) is 3.95. The summed E-state index contributed by atoms with van der Waals surface area (Å²) >= 11 is 18.3. The van der Waals surface area contributed by atoms with Crippen LogP contribution < -0.4 is 0 Å². The molecule has 2 aromatic heterocycles. The van der Waals surface area contributed by atoms with Crippen molar-refractivity contribution in [2.45, 2.75) is 19.8 Å². The van der Waals surface area contributed by atoms with Gasteiger partial charge in [-0.05, 0) is 18.1 Å². The molecule has 6 heteroatoms. The van der Waals surface area contributed by atoms with E-state index in [4.69, 9.17) is 34.8 Å². The highest BCUT2D eigenvalue weighted by Crippen LogP contribution is 2.32. The van der Waals surface area contributed by atoms with Crippen LogP contribution in [0.2, 0.25) is 15.3 Å². The fourth-order valence-electron chi connectivity index (χ4n) is 1.55. The van der Waals surface area contributed by atoms with Gasteiger partial charge in [0.15, 0.2) is 5.82 Å². The normalized spacial score (nSPS) is 11.0. The van der Waals surface area contributed by atoms with E-state index in [2.05, 4.69) is 15.0 Å². The van der Waals surface area contributed by atoms with E-state index in [1.807, 2.05) is 13.8 Å². The van der Waals surface area contributed by atoms with Gasteiger partial charge < -0.3 is 0 Å². The molecule has 0 spiro atoms. The van der Waals surface area contributed by atoms with Crippen LogP contribution in [0.15, 0.2) is 18.3 Å². The standard InChI is InChI=1S/C12H10Cl3N3/c1-6(2)8-10(14)17-12(18-11(8)15)9-7(13)4-3-5-16-9/h3-6H,1-2H3. The molecule has 0 N–H and O–H groups in total. The van der Waals surface area contributed by atoms with Crippen LogP contribution in [0.1, 0.15) is 25.3 Å². The maximum atomic E-state index is 6.13. The topological polar surface area (TPSA) is 38.7 Å². The van der Waals surface area contributed by atoms with Gasteiger partial charge in [0.1, 0.15) is 16.0 Å². The maximum Gasteiger partial charge on any atom is 0.182 e. The smallest absolute Gasteiger partial charge is 0.182 e. The molecule has 0 aromatic carbocycles. The molecule has 0 bridgehead atoms. The lowest BCUT2D eigenvalue weighted by atomic mass is 10.1. The highest BCUT2D eigenvalue weighted by molar-refractivity contribution is 6.35. The van der Waals surface area contributed by atoms with E-state index >= 15 is 0 Å². The van der Waals surface area contributed by atoms with Crippen molar-refractivity contribution in [3.63, 3.8) is 0 Å². The molecule has 94 valence electrons. The maximum absolute atomic E-state index is 6.13. The molecule has 0 amide bonds. The van der Waals surface area contributed by atoms with Crippen LogP contribution in [-0.4, -0.2) is 15.0 Å². The van der Waals surface area contributed by atoms with E-state index in [1.165, 1.54) is 0 Å². The third-order valence-corrected chi connectivity index (χ3v) is 3.28. The zero-order chi connectivity index (χ0) is 13.3. The van der Waals surface area contributed by atoms with Crippen molar-refractivity contribution in [3.05, 3.63) is 39.2 Å². The summed E-state index contributed by atoms with van der Waals surface area (Å²) in [7, 11) is 0. The van der Waals surface area contributed by atoms with E-state index < -0.39 is 0 Å². The van der Waals surface area contributed by atoms with Crippen molar-refractivity contribution >= 4 is 34.8 Å². The van der Waals surface area contributed by atoms with Crippen LogP contribution in [0, 0.1) is 0 Å². The van der Waals surface area contributed by atoms with E-state index in [9.17, 15) is 0 Å². The molecule has 18 heavy (non-hydrogen) atoms. The Morgan fingerprint density at radius 2 is 1.67 bits per heavy atom. The van der Waals surface area contributed by atoms with Gasteiger partial charge in [0.2, 0.25) is 0 Å². The first-order valence-corrected chi connectivity index (χ1v) is 6.48. The molecule has 0 unspecified atom stereocenters. The predicted molar refractivity (Wildman–Crippen MR) is 74.4 cm³/mol. The summed E-state index contributed by atoms with van der Waals surface area (Å²) in [5.41, 5.74) is 1.20. The van der Waals surface area contributed by atoms with Gasteiger partial charge in [-0.25, -0.2) is 9.97 Å². The second kappa shape index (κ2) is 5.39. The van der Waals surface area contributed by atoms with Crippen LogP contribution in [0.3, 0.4) is 0 Å². The Morgan fingerprint density at radius 1 is 1.06 bits per heavy atom. The third-order valence-electron chi connectivity index (χ3n) is 2.40. The summed E-state index contributed by atoms with van der Waals surface area (Å²) in [6, 6.07) is 3.45. The van der Waals surface area contributed by atoms with Crippen LogP contribution in [0.4, 0.5) is 0 Å². The van der Waals surface area contributed by atoms with Gasteiger partial charge in [0, 0.05) is 11.8 Å². The van der Waals surface area contributed by atoms with Gasteiger partial charge in [-0.3, -0.25) is 4.98 Å². The molecule has 3 nitrogen and oxygen atoms in total. The fraction of sp³-hybridized carbons (Fsp3) is 0.250. The van der Waals surface area contributed by atoms with Gasteiger partial charge >= 0.3 is 0 Å². The molecule has 0 saturated heterocycles. The molecule has 0 saturated carbocycles. The number of nitrogens with zero attached hydrogens (tertiary/aromatic N) is 3. The average Bonchev–Trinajstić information content (AvgIpc) is 2.27. The van der Waals surface area contributed by atoms with Crippen LogP contribution in [-0.2, 0) is 0 Å². The van der Waals surface area contributed by atoms with Gasteiger partial charge in [-0.2, -0.15) is 0 Å². The number of halogens is 3. The molecule has 2 heterocycles. The molecule has 0 aliphatic carbocycles. The largest absolute Gasteiger partial charge is 0.251 e. The van der Waals surface area contributed by atoms with Gasteiger partial charge in [-0.1, -0.05) is 48.7 Å². The Labute approximate surface area is 120 Å². The van der Waals surface area contributed by atoms with Gasteiger partial charge in [0.25, 0.3) is 0 Å². The molecule has 0 radical (unpaired) electrons. The van der Waals surface area contributed by atoms with E-state index in [0.717, 1.165) is 5.56 Å². The minimum Gasteiger partial charge on any atom is -0.251 e. The summed E-state index contributed by atoms with van der Waals surface area (Å²) in [6.07, 6.45) is 1.61. The predicted octanol–water partition coefficient (Wildman–Crippen LogP) is 4.62. The Morgan fingerprint density at radius 3 is 2.17 bits per heavy atom. The van der Waals surface area contributed by atoms with E-state index in [0.29, 0.717) is 26.8 Å². The first-order valence-electron chi connectivity index (χ1n) is 5.34. The van der Waals surface area contributed by atoms with Crippen molar-refractivity contribution in [2.75, 3.05) is 0 Å². The monoisotopic (exact) mass is 301 g/mol. The molecular formula is C12H10Cl3N3. The zero-order valence-electron chi connectivity index (χ0n) is 9.78. The molecule has 2 aromatic rings. The molecular weight excluding hydrogens is 293 g/mol. The lowest BCUT2D eigenvalue weighted by molar-refractivity contribution is 0.847. The van der Waals surface area contributed by atoms with E-state index in [1.54, 1.807) is 18.3 Å². The number of rotatable bonds is 2. The van der Waals surface area contributed by atoms with Gasteiger partial charge in [-0.15, -0.1) is 0 Å². The van der Waals surface area contributed by atoms with Crippen molar-refractivity contribution in [1.29, 1.82) is 0 Å². The quantitative estimate of drug-likeness (QED) is 0.760. The lowest BCUT2D eigenvalue weighted by Gasteiger charge is -2.11. The minimum absolute atomic E-state index is 0.151. The van der Waals surface area contributed by atoms with Crippen molar-refractivity contribution in [3.8, 4) is 11.5 Å².